The molecule has 0 bridgehead atoms. The van der Waals surface area contributed by atoms with Crippen LogP contribution < -0.4 is 5.32 Å². The van der Waals surface area contributed by atoms with Gasteiger partial charge < -0.3 is 10.1 Å². The number of alkyl carbamates (subject to hydrolysis) is 1. The molecular weight excluding hydrogens is 262 g/mol. The van der Waals surface area contributed by atoms with Gasteiger partial charge in [-0.1, -0.05) is 59.8 Å². The van der Waals surface area contributed by atoms with Gasteiger partial charge in [0.05, 0.1) is 0 Å². The van der Waals surface area contributed by atoms with Crippen LogP contribution in [0.5, 0.6) is 0 Å². The van der Waals surface area contributed by atoms with Crippen LogP contribution in [0.4, 0.5) is 4.79 Å². The second-order valence-corrected chi connectivity index (χ2v) is 7.11. The third-order valence-electron chi connectivity index (χ3n) is 4.77. The van der Waals surface area contributed by atoms with Gasteiger partial charge in [0.15, 0.2) is 0 Å². The van der Waals surface area contributed by atoms with Crippen molar-refractivity contribution in [2.45, 2.75) is 85.2 Å². The number of carbonyl (C=O) groups excluding carboxylic acids is 1. The highest BCUT2D eigenvalue weighted by atomic mass is 16.6. The van der Waals surface area contributed by atoms with Crippen LogP contribution in [0.3, 0.4) is 0 Å². The van der Waals surface area contributed by atoms with Crippen LogP contribution in [0.1, 0.15) is 79.1 Å². The van der Waals surface area contributed by atoms with Crippen LogP contribution in [0.25, 0.3) is 0 Å². The molecule has 0 aromatic heterocycles. The molecule has 3 atom stereocenters. The van der Waals surface area contributed by atoms with E-state index < -0.39 is 0 Å². The Labute approximate surface area is 131 Å². The lowest BCUT2D eigenvalue weighted by atomic mass is 9.75. The van der Waals surface area contributed by atoms with Crippen molar-refractivity contribution in [3.8, 4) is 0 Å². The molecule has 1 aliphatic rings. The molecule has 124 valence electrons. The van der Waals surface area contributed by atoms with Crippen molar-refractivity contribution in [1.82, 2.24) is 5.32 Å². The number of nitrogens with one attached hydrogen (secondary N) is 1. The Morgan fingerprint density at radius 3 is 2.57 bits per heavy atom. The summed E-state index contributed by atoms with van der Waals surface area (Å²) in [6.07, 6.45) is 9.44. The lowest BCUT2D eigenvalue weighted by Gasteiger charge is -2.36. The summed E-state index contributed by atoms with van der Waals surface area (Å²) in [6.45, 7) is 9.70. The van der Waals surface area contributed by atoms with Gasteiger partial charge >= 0.3 is 6.09 Å². The van der Waals surface area contributed by atoms with E-state index in [9.17, 15) is 4.79 Å². The van der Waals surface area contributed by atoms with Crippen LogP contribution in [0.15, 0.2) is 0 Å². The monoisotopic (exact) mass is 297 g/mol. The molecule has 0 aromatic rings. The van der Waals surface area contributed by atoms with Crippen LogP contribution in [0.2, 0.25) is 0 Å². The third kappa shape index (κ3) is 7.19. The number of hydrogen-bond donors (Lipinski definition) is 1. The van der Waals surface area contributed by atoms with E-state index in [1.807, 2.05) is 0 Å². The molecule has 1 unspecified atom stereocenters. The quantitative estimate of drug-likeness (QED) is 0.630. The van der Waals surface area contributed by atoms with Gasteiger partial charge in [0, 0.05) is 6.54 Å². The molecule has 0 aromatic carbocycles. The van der Waals surface area contributed by atoms with Crippen molar-refractivity contribution in [3.05, 3.63) is 0 Å². The second kappa shape index (κ2) is 10.1. The van der Waals surface area contributed by atoms with Gasteiger partial charge in [-0.25, -0.2) is 4.79 Å². The van der Waals surface area contributed by atoms with Crippen LogP contribution in [0, 0.1) is 17.8 Å². The molecule has 1 fully saturated rings. The summed E-state index contributed by atoms with van der Waals surface area (Å²) in [5.74, 6) is 1.78. The fraction of sp³-hybridized carbons (Fsp3) is 0.944. The van der Waals surface area contributed by atoms with E-state index in [2.05, 4.69) is 33.0 Å². The number of carbonyl (C=O) groups is 1. The number of hydrogen-bond acceptors (Lipinski definition) is 2. The maximum absolute atomic E-state index is 11.9. The number of amides is 1. The number of unbranched alkanes of at least 4 members (excludes halogenated alkanes) is 4. The molecule has 1 aliphatic carbocycles. The molecule has 0 saturated heterocycles. The fourth-order valence-electron chi connectivity index (χ4n) is 3.35. The summed E-state index contributed by atoms with van der Waals surface area (Å²) in [5.41, 5.74) is 0. The Bertz CT molecular complexity index is 291. The zero-order valence-electron chi connectivity index (χ0n) is 14.5. The number of ether oxygens (including phenoxy) is 1. The first-order valence-electron chi connectivity index (χ1n) is 8.99. The molecule has 3 nitrogen and oxygen atoms in total. The lowest BCUT2D eigenvalue weighted by Crippen LogP contribution is -2.39. The highest BCUT2D eigenvalue weighted by Gasteiger charge is 2.33. The van der Waals surface area contributed by atoms with Crippen molar-refractivity contribution in [3.63, 3.8) is 0 Å². The van der Waals surface area contributed by atoms with Crippen molar-refractivity contribution in [2.24, 2.45) is 17.8 Å². The molecule has 0 heterocycles. The van der Waals surface area contributed by atoms with E-state index in [1.165, 1.54) is 38.5 Å². The van der Waals surface area contributed by atoms with Gasteiger partial charge in [0.1, 0.15) is 6.10 Å². The summed E-state index contributed by atoms with van der Waals surface area (Å²) < 4.78 is 5.71. The zero-order chi connectivity index (χ0) is 15.7. The minimum Gasteiger partial charge on any atom is -0.446 e. The minimum absolute atomic E-state index is 0.105. The Morgan fingerprint density at radius 1 is 1.19 bits per heavy atom. The smallest absolute Gasteiger partial charge is 0.407 e. The fourth-order valence-corrected chi connectivity index (χ4v) is 3.35. The van der Waals surface area contributed by atoms with Crippen molar-refractivity contribution < 1.29 is 9.53 Å². The first-order valence-corrected chi connectivity index (χ1v) is 8.99. The zero-order valence-corrected chi connectivity index (χ0v) is 14.5. The summed E-state index contributed by atoms with van der Waals surface area (Å²) >= 11 is 0. The predicted octanol–water partition coefficient (Wildman–Crippen LogP) is 5.14. The molecular formula is C18H35NO2. The highest BCUT2D eigenvalue weighted by molar-refractivity contribution is 5.67. The van der Waals surface area contributed by atoms with Crippen LogP contribution in [-0.4, -0.2) is 18.7 Å². The molecule has 1 saturated carbocycles. The Balaban J connectivity index is 2.24. The van der Waals surface area contributed by atoms with E-state index >= 15 is 0 Å². The maximum atomic E-state index is 11.9. The molecule has 1 N–H and O–H groups in total. The molecule has 1 amide bonds. The average molecular weight is 297 g/mol. The van der Waals surface area contributed by atoms with Gasteiger partial charge in [-0.2, -0.15) is 0 Å². The topological polar surface area (TPSA) is 38.3 Å². The summed E-state index contributed by atoms with van der Waals surface area (Å²) in [4.78, 5) is 11.9. The van der Waals surface area contributed by atoms with Gasteiger partial charge in [-0.3, -0.25) is 0 Å². The van der Waals surface area contributed by atoms with Gasteiger partial charge in [-0.15, -0.1) is 0 Å². The standard InChI is InChI=1S/C18H35NO2/c1-5-6-7-8-9-12-19-18(20)21-17-13-15(4)10-11-16(17)14(2)3/h14-17H,5-13H2,1-4H3,(H,19,20)/t15?,16-,17+/m0/s1. The molecule has 3 heteroatoms. The van der Waals surface area contributed by atoms with E-state index in [-0.39, 0.29) is 12.2 Å². The largest absolute Gasteiger partial charge is 0.446 e. The molecule has 21 heavy (non-hydrogen) atoms. The summed E-state index contributed by atoms with van der Waals surface area (Å²) in [6, 6.07) is 0. The molecule has 0 radical (unpaired) electrons. The van der Waals surface area contributed by atoms with Gasteiger partial charge in [-0.05, 0) is 37.0 Å². The van der Waals surface area contributed by atoms with E-state index in [1.54, 1.807) is 0 Å². The predicted molar refractivity (Wildman–Crippen MR) is 88.4 cm³/mol. The first-order chi connectivity index (χ1) is 10.0. The molecule has 0 aliphatic heterocycles. The van der Waals surface area contributed by atoms with E-state index in [0.29, 0.717) is 17.8 Å². The van der Waals surface area contributed by atoms with Gasteiger partial charge in [0.2, 0.25) is 0 Å². The normalized spacial score (nSPS) is 25.9. The van der Waals surface area contributed by atoms with Crippen molar-refractivity contribution >= 4 is 6.09 Å². The van der Waals surface area contributed by atoms with E-state index in [0.717, 1.165) is 19.4 Å². The van der Waals surface area contributed by atoms with Crippen molar-refractivity contribution in [1.29, 1.82) is 0 Å². The minimum atomic E-state index is -0.213. The summed E-state index contributed by atoms with van der Waals surface area (Å²) in [5, 5.41) is 2.92. The molecule has 0 spiro atoms. The molecule has 1 rings (SSSR count). The van der Waals surface area contributed by atoms with Gasteiger partial charge in [0.25, 0.3) is 0 Å². The lowest BCUT2D eigenvalue weighted by molar-refractivity contribution is 0.00622. The second-order valence-electron chi connectivity index (χ2n) is 7.11. The Hall–Kier alpha value is -0.730. The third-order valence-corrected chi connectivity index (χ3v) is 4.77. The average Bonchev–Trinajstić information content (AvgIpc) is 2.42. The number of rotatable bonds is 8. The van der Waals surface area contributed by atoms with Crippen LogP contribution >= 0.6 is 0 Å². The maximum Gasteiger partial charge on any atom is 0.407 e. The first kappa shape index (κ1) is 18.3. The summed E-state index contributed by atoms with van der Waals surface area (Å²) in [7, 11) is 0. The Kier molecular flexibility index (Phi) is 8.79. The van der Waals surface area contributed by atoms with E-state index in [4.69, 9.17) is 4.74 Å². The Morgan fingerprint density at radius 2 is 1.90 bits per heavy atom. The highest BCUT2D eigenvalue weighted by Crippen LogP contribution is 2.35. The van der Waals surface area contributed by atoms with Crippen LogP contribution in [-0.2, 0) is 4.74 Å². The SMILES string of the molecule is CCCCCCCNC(=O)O[C@@H]1CC(C)CC[C@H]1C(C)C. The van der Waals surface area contributed by atoms with Crippen molar-refractivity contribution in [2.75, 3.05) is 6.54 Å².